The van der Waals surface area contributed by atoms with Crippen LogP contribution >= 0.6 is 0 Å². The summed E-state index contributed by atoms with van der Waals surface area (Å²) < 4.78 is 0. The highest BCUT2D eigenvalue weighted by atomic mass is 15.2. The summed E-state index contributed by atoms with van der Waals surface area (Å²) in [7, 11) is 2.05. The molecule has 0 atom stereocenters. The zero-order valence-corrected chi connectivity index (χ0v) is 11.1. The molecule has 1 heterocycles. The molecule has 0 aromatic carbocycles. The Hall–Kier alpha value is -1.42. The molecule has 1 aliphatic carbocycles. The standard InChI is InChI=1S/C14H22N4/c1-3-4-5-10-18(2)14-9-8-13(16-17-14)11-15-12-6-7-12/h3,8-9,12,15H,1,4-7,10-11H2,2H3. The highest BCUT2D eigenvalue weighted by Crippen LogP contribution is 2.19. The van der Waals surface area contributed by atoms with Gasteiger partial charge in [-0.25, -0.2) is 0 Å². The van der Waals surface area contributed by atoms with E-state index in [1.807, 2.05) is 12.1 Å². The Labute approximate surface area is 109 Å². The molecule has 18 heavy (non-hydrogen) atoms. The number of anilines is 1. The van der Waals surface area contributed by atoms with Gasteiger partial charge in [-0.1, -0.05) is 6.08 Å². The Bertz CT molecular complexity index is 370. The van der Waals surface area contributed by atoms with Gasteiger partial charge in [0.05, 0.1) is 5.69 Å². The number of nitrogens with one attached hydrogen (secondary N) is 1. The zero-order valence-electron chi connectivity index (χ0n) is 11.1. The first-order valence-electron chi connectivity index (χ1n) is 6.67. The van der Waals surface area contributed by atoms with Crippen LogP contribution in [-0.4, -0.2) is 29.8 Å². The second-order valence-corrected chi connectivity index (χ2v) is 4.89. The van der Waals surface area contributed by atoms with Gasteiger partial charge in [0.25, 0.3) is 0 Å². The van der Waals surface area contributed by atoms with Crippen molar-refractivity contribution in [2.24, 2.45) is 0 Å². The molecule has 1 aromatic heterocycles. The van der Waals surface area contributed by atoms with Crippen LogP contribution in [0.5, 0.6) is 0 Å². The largest absolute Gasteiger partial charge is 0.358 e. The first-order valence-corrected chi connectivity index (χ1v) is 6.67. The first kappa shape index (κ1) is 13.0. The van der Waals surface area contributed by atoms with Gasteiger partial charge in [-0.15, -0.1) is 11.7 Å². The van der Waals surface area contributed by atoms with Crippen LogP contribution in [0, 0.1) is 0 Å². The predicted octanol–water partition coefficient (Wildman–Crippen LogP) is 2.13. The molecular formula is C14H22N4. The van der Waals surface area contributed by atoms with Crippen molar-refractivity contribution in [1.29, 1.82) is 0 Å². The van der Waals surface area contributed by atoms with Crippen LogP contribution in [0.25, 0.3) is 0 Å². The topological polar surface area (TPSA) is 41.0 Å². The average Bonchev–Trinajstić information content (AvgIpc) is 3.21. The first-order chi connectivity index (χ1) is 8.79. The summed E-state index contributed by atoms with van der Waals surface area (Å²) >= 11 is 0. The summed E-state index contributed by atoms with van der Waals surface area (Å²) in [5, 5.41) is 12.0. The Morgan fingerprint density at radius 3 is 2.89 bits per heavy atom. The maximum absolute atomic E-state index is 4.27. The molecule has 4 nitrogen and oxygen atoms in total. The smallest absolute Gasteiger partial charge is 0.150 e. The maximum atomic E-state index is 4.27. The van der Waals surface area contributed by atoms with Crippen LogP contribution < -0.4 is 10.2 Å². The fourth-order valence-corrected chi connectivity index (χ4v) is 1.77. The van der Waals surface area contributed by atoms with Gasteiger partial charge in [0, 0.05) is 26.2 Å². The van der Waals surface area contributed by atoms with Crippen molar-refractivity contribution >= 4 is 5.82 Å². The normalized spacial score (nSPS) is 14.5. The molecule has 0 bridgehead atoms. The molecule has 1 aromatic rings. The highest BCUT2D eigenvalue weighted by molar-refractivity contribution is 5.35. The van der Waals surface area contributed by atoms with Crippen LogP contribution in [0.15, 0.2) is 24.8 Å². The molecule has 0 unspecified atom stereocenters. The average molecular weight is 246 g/mol. The molecule has 2 rings (SSSR count). The van der Waals surface area contributed by atoms with Gasteiger partial charge in [0.2, 0.25) is 0 Å². The van der Waals surface area contributed by atoms with Gasteiger partial charge in [0.1, 0.15) is 0 Å². The van der Waals surface area contributed by atoms with E-state index in [1.54, 1.807) is 0 Å². The SMILES string of the molecule is C=CCCCN(C)c1ccc(CNC2CC2)nn1. The van der Waals surface area contributed by atoms with Crippen LogP contribution in [-0.2, 0) is 6.54 Å². The Balaban J connectivity index is 1.79. The lowest BCUT2D eigenvalue weighted by atomic mass is 10.3. The molecule has 1 fully saturated rings. The quantitative estimate of drug-likeness (QED) is 0.563. The summed E-state index contributed by atoms with van der Waals surface area (Å²) in [6.07, 6.45) is 6.70. The minimum Gasteiger partial charge on any atom is -0.358 e. The van der Waals surface area contributed by atoms with E-state index in [1.165, 1.54) is 12.8 Å². The van der Waals surface area contributed by atoms with E-state index in [0.717, 1.165) is 37.4 Å². The monoisotopic (exact) mass is 246 g/mol. The van der Waals surface area contributed by atoms with Crippen LogP contribution in [0.2, 0.25) is 0 Å². The molecule has 0 radical (unpaired) electrons. The number of rotatable bonds is 8. The summed E-state index contributed by atoms with van der Waals surface area (Å²) in [5.41, 5.74) is 1.02. The molecule has 4 heteroatoms. The van der Waals surface area contributed by atoms with E-state index < -0.39 is 0 Å². The number of allylic oxidation sites excluding steroid dienone is 1. The molecule has 0 saturated heterocycles. The summed E-state index contributed by atoms with van der Waals surface area (Å²) in [6, 6.07) is 4.82. The van der Waals surface area contributed by atoms with Gasteiger partial charge >= 0.3 is 0 Å². The Morgan fingerprint density at radius 2 is 2.28 bits per heavy atom. The molecule has 1 saturated carbocycles. The van der Waals surface area contributed by atoms with E-state index in [2.05, 4.69) is 40.1 Å². The summed E-state index contributed by atoms with van der Waals surface area (Å²) in [4.78, 5) is 2.13. The van der Waals surface area contributed by atoms with E-state index in [-0.39, 0.29) is 0 Å². The highest BCUT2D eigenvalue weighted by Gasteiger charge is 2.20. The number of unbranched alkanes of at least 4 members (excludes halogenated alkanes) is 1. The van der Waals surface area contributed by atoms with Crippen LogP contribution in [0.1, 0.15) is 31.4 Å². The molecule has 0 spiro atoms. The van der Waals surface area contributed by atoms with Gasteiger partial charge in [0.15, 0.2) is 5.82 Å². The molecular weight excluding hydrogens is 224 g/mol. The number of hydrogen-bond donors (Lipinski definition) is 1. The summed E-state index contributed by atoms with van der Waals surface area (Å²) in [5.74, 6) is 0.939. The Morgan fingerprint density at radius 1 is 1.44 bits per heavy atom. The van der Waals surface area contributed by atoms with Crippen molar-refractivity contribution in [3.8, 4) is 0 Å². The zero-order chi connectivity index (χ0) is 12.8. The molecule has 0 aliphatic heterocycles. The maximum Gasteiger partial charge on any atom is 0.150 e. The third kappa shape index (κ3) is 4.11. The molecule has 1 aliphatic rings. The molecule has 1 N–H and O–H groups in total. The fourth-order valence-electron chi connectivity index (χ4n) is 1.77. The van der Waals surface area contributed by atoms with Crippen molar-refractivity contribution in [3.05, 3.63) is 30.5 Å². The van der Waals surface area contributed by atoms with Gasteiger partial charge < -0.3 is 10.2 Å². The lowest BCUT2D eigenvalue weighted by Gasteiger charge is -2.17. The van der Waals surface area contributed by atoms with Gasteiger partial charge in [-0.2, -0.15) is 5.10 Å². The van der Waals surface area contributed by atoms with Crippen molar-refractivity contribution in [2.75, 3.05) is 18.5 Å². The van der Waals surface area contributed by atoms with E-state index in [4.69, 9.17) is 0 Å². The molecule has 0 amide bonds. The Kier molecular flexibility index (Phi) is 4.70. The summed E-state index contributed by atoms with van der Waals surface area (Å²) in [6.45, 7) is 5.55. The third-order valence-electron chi connectivity index (χ3n) is 3.15. The lowest BCUT2D eigenvalue weighted by Crippen LogP contribution is -2.21. The predicted molar refractivity (Wildman–Crippen MR) is 74.6 cm³/mol. The van der Waals surface area contributed by atoms with Gasteiger partial charge in [-0.3, -0.25) is 0 Å². The van der Waals surface area contributed by atoms with Crippen molar-refractivity contribution in [1.82, 2.24) is 15.5 Å². The van der Waals surface area contributed by atoms with Crippen LogP contribution in [0.4, 0.5) is 5.82 Å². The number of nitrogens with zero attached hydrogens (tertiary/aromatic N) is 3. The van der Waals surface area contributed by atoms with E-state index in [9.17, 15) is 0 Å². The van der Waals surface area contributed by atoms with Crippen molar-refractivity contribution in [2.45, 2.75) is 38.3 Å². The van der Waals surface area contributed by atoms with Gasteiger partial charge in [-0.05, 0) is 37.8 Å². The van der Waals surface area contributed by atoms with Crippen molar-refractivity contribution < 1.29 is 0 Å². The van der Waals surface area contributed by atoms with Crippen molar-refractivity contribution in [3.63, 3.8) is 0 Å². The second kappa shape index (κ2) is 6.50. The second-order valence-electron chi connectivity index (χ2n) is 4.89. The number of aromatic nitrogens is 2. The van der Waals surface area contributed by atoms with E-state index in [0.29, 0.717) is 6.04 Å². The fraction of sp³-hybridized carbons (Fsp3) is 0.571. The number of hydrogen-bond acceptors (Lipinski definition) is 4. The van der Waals surface area contributed by atoms with Crippen LogP contribution in [0.3, 0.4) is 0 Å². The minimum atomic E-state index is 0.716. The molecule has 98 valence electrons. The minimum absolute atomic E-state index is 0.716. The lowest BCUT2D eigenvalue weighted by molar-refractivity contribution is 0.663. The third-order valence-corrected chi connectivity index (χ3v) is 3.15. The van der Waals surface area contributed by atoms with E-state index >= 15 is 0 Å².